The highest BCUT2D eigenvalue weighted by Gasteiger charge is 2.05. The first-order valence-corrected chi connectivity index (χ1v) is 4.10. The van der Waals surface area contributed by atoms with Crippen LogP contribution in [0.1, 0.15) is 7.43 Å². The van der Waals surface area contributed by atoms with Gasteiger partial charge < -0.3 is 14.2 Å². The van der Waals surface area contributed by atoms with E-state index in [0.717, 1.165) is 0 Å². The number of rotatable bonds is 4. The van der Waals surface area contributed by atoms with Crippen molar-refractivity contribution in [3.8, 4) is 11.5 Å². The maximum Gasteiger partial charge on any atom is 0.343 e. The van der Waals surface area contributed by atoms with E-state index in [1.165, 1.54) is 7.11 Å². The van der Waals surface area contributed by atoms with Crippen molar-refractivity contribution in [2.45, 2.75) is 7.43 Å². The second kappa shape index (κ2) is 6.70. The number of methoxy groups -OCH3 is 2. The largest absolute Gasteiger partial charge is 0.493 e. The van der Waals surface area contributed by atoms with Crippen LogP contribution >= 0.6 is 0 Å². The van der Waals surface area contributed by atoms with E-state index >= 15 is 0 Å². The molecular weight excluding hydrogens is 196 g/mol. The summed E-state index contributed by atoms with van der Waals surface area (Å²) in [6.07, 6.45) is 0. The summed E-state index contributed by atoms with van der Waals surface area (Å²) in [5.41, 5.74) is 0. The van der Waals surface area contributed by atoms with Gasteiger partial charge in [-0.25, -0.2) is 4.79 Å². The molecule has 0 fully saturated rings. The van der Waals surface area contributed by atoms with Crippen molar-refractivity contribution in [2.75, 3.05) is 20.8 Å². The lowest BCUT2D eigenvalue weighted by Crippen LogP contribution is -2.12. The summed E-state index contributed by atoms with van der Waals surface area (Å²) in [7, 11) is 2.86. The molecule has 0 amide bonds. The highest BCUT2D eigenvalue weighted by molar-refractivity contribution is 5.71. The van der Waals surface area contributed by atoms with Crippen molar-refractivity contribution < 1.29 is 19.0 Å². The maximum atomic E-state index is 10.8. The number of ether oxygens (including phenoxy) is 3. The van der Waals surface area contributed by atoms with E-state index in [2.05, 4.69) is 4.74 Å². The van der Waals surface area contributed by atoms with Gasteiger partial charge in [0.15, 0.2) is 18.1 Å². The van der Waals surface area contributed by atoms with Gasteiger partial charge in [-0.2, -0.15) is 0 Å². The molecule has 0 spiro atoms. The van der Waals surface area contributed by atoms with Crippen molar-refractivity contribution in [1.29, 1.82) is 0 Å². The van der Waals surface area contributed by atoms with Crippen LogP contribution in [0.4, 0.5) is 0 Å². The monoisotopic (exact) mass is 212 g/mol. The Labute approximate surface area is 89.8 Å². The van der Waals surface area contributed by atoms with E-state index < -0.39 is 5.97 Å². The van der Waals surface area contributed by atoms with Crippen LogP contribution in [-0.4, -0.2) is 26.8 Å². The van der Waals surface area contributed by atoms with Crippen molar-refractivity contribution in [3.05, 3.63) is 24.3 Å². The number of benzene rings is 1. The van der Waals surface area contributed by atoms with Gasteiger partial charge in [0.25, 0.3) is 0 Å². The minimum Gasteiger partial charge on any atom is -0.493 e. The molecule has 0 saturated carbocycles. The summed E-state index contributed by atoms with van der Waals surface area (Å²) in [5, 5.41) is 0. The zero-order chi connectivity index (χ0) is 10.4. The van der Waals surface area contributed by atoms with Crippen LogP contribution in [0.5, 0.6) is 11.5 Å². The van der Waals surface area contributed by atoms with Crippen molar-refractivity contribution in [3.63, 3.8) is 0 Å². The van der Waals surface area contributed by atoms with Crippen LogP contribution in [0.15, 0.2) is 24.3 Å². The number of carbonyl (C=O) groups excluding carboxylic acids is 1. The molecule has 0 N–H and O–H groups in total. The van der Waals surface area contributed by atoms with Gasteiger partial charge in [0.1, 0.15) is 0 Å². The minimum atomic E-state index is -0.420. The fourth-order valence-corrected chi connectivity index (χ4v) is 0.934. The minimum absolute atomic E-state index is 0. The van der Waals surface area contributed by atoms with E-state index in [9.17, 15) is 4.79 Å². The Morgan fingerprint density at radius 3 is 2.33 bits per heavy atom. The van der Waals surface area contributed by atoms with Gasteiger partial charge in [-0.3, -0.25) is 0 Å². The molecule has 0 bridgehead atoms. The predicted molar refractivity (Wildman–Crippen MR) is 57.2 cm³/mol. The van der Waals surface area contributed by atoms with Crippen LogP contribution in [-0.2, 0) is 9.53 Å². The standard InChI is InChI=1S/C10H12O4.CH4/c1-12-8-5-3-4-6-9(8)14-7-10(11)13-2;/h3-6H,7H2,1-2H3;1H4. The van der Waals surface area contributed by atoms with Crippen molar-refractivity contribution in [1.82, 2.24) is 0 Å². The summed E-state index contributed by atoms with van der Waals surface area (Å²) in [6.45, 7) is -0.114. The molecule has 1 aromatic rings. The first kappa shape index (κ1) is 13.3. The molecule has 0 aromatic heterocycles. The average Bonchev–Trinajstić information content (AvgIpc) is 2.26. The van der Waals surface area contributed by atoms with Crippen molar-refractivity contribution >= 4 is 5.97 Å². The summed E-state index contributed by atoms with van der Waals surface area (Å²) in [5.74, 6) is 0.702. The SMILES string of the molecule is C.COC(=O)COc1ccccc1OC. The van der Waals surface area contributed by atoms with Crippen molar-refractivity contribution in [2.24, 2.45) is 0 Å². The Morgan fingerprint density at radius 1 is 1.20 bits per heavy atom. The molecule has 0 aliphatic heterocycles. The predicted octanol–water partition coefficient (Wildman–Crippen LogP) is 1.88. The molecule has 0 aliphatic rings. The Hall–Kier alpha value is -1.71. The third-order valence-corrected chi connectivity index (χ3v) is 1.64. The molecule has 4 nitrogen and oxygen atoms in total. The fraction of sp³-hybridized carbons (Fsp3) is 0.364. The van der Waals surface area contributed by atoms with Gasteiger partial charge in [0, 0.05) is 0 Å². The lowest BCUT2D eigenvalue weighted by Gasteiger charge is -2.08. The number of hydrogen-bond donors (Lipinski definition) is 0. The summed E-state index contributed by atoms with van der Waals surface area (Å²) in [6, 6.07) is 7.10. The second-order valence-corrected chi connectivity index (χ2v) is 2.52. The van der Waals surface area contributed by atoms with Crippen LogP contribution in [0.2, 0.25) is 0 Å². The van der Waals surface area contributed by atoms with Crippen LogP contribution in [0, 0.1) is 0 Å². The molecule has 1 rings (SSSR count). The quantitative estimate of drug-likeness (QED) is 0.715. The number of para-hydroxylation sites is 2. The summed E-state index contributed by atoms with van der Waals surface area (Å²) < 4.78 is 14.7. The number of carbonyl (C=O) groups is 1. The molecule has 4 heteroatoms. The van der Waals surface area contributed by atoms with Gasteiger partial charge in [0.2, 0.25) is 0 Å². The summed E-state index contributed by atoms with van der Waals surface area (Å²) >= 11 is 0. The van der Waals surface area contributed by atoms with E-state index in [1.807, 2.05) is 6.07 Å². The lowest BCUT2D eigenvalue weighted by molar-refractivity contribution is -0.142. The number of esters is 1. The lowest BCUT2D eigenvalue weighted by atomic mass is 10.3. The zero-order valence-corrected chi connectivity index (χ0v) is 8.15. The number of hydrogen-bond acceptors (Lipinski definition) is 4. The topological polar surface area (TPSA) is 44.8 Å². The van der Waals surface area contributed by atoms with Crippen LogP contribution in [0.3, 0.4) is 0 Å². The first-order valence-electron chi connectivity index (χ1n) is 4.10. The van der Waals surface area contributed by atoms with Gasteiger partial charge >= 0.3 is 5.97 Å². The second-order valence-electron chi connectivity index (χ2n) is 2.52. The molecule has 15 heavy (non-hydrogen) atoms. The molecular formula is C11H16O4. The van der Waals surface area contributed by atoms with Gasteiger partial charge in [-0.15, -0.1) is 0 Å². The molecule has 0 saturated heterocycles. The van der Waals surface area contributed by atoms with E-state index in [-0.39, 0.29) is 14.0 Å². The molecule has 0 unspecified atom stereocenters. The Bertz CT molecular complexity index is 309. The zero-order valence-electron chi connectivity index (χ0n) is 8.15. The average molecular weight is 212 g/mol. The van der Waals surface area contributed by atoms with Gasteiger partial charge in [-0.05, 0) is 12.1 Å². The van der Waals surface area contributed by atoms with Gasteiger partial charge in [0.05, 0.1) is 14.2 Å². The normalized spacial score (nSPS) is 8.67. The molecule has 0 radical (unpaired) electrons. The smallest absolute Gasteiger partial charge is 0.343 e. The third kappa shape index (κ3) is 3.89. The molecule has 84 valence electrons. The first-order chi connectivity index (χ1) is 6.77. The Morgan fingerprint density at radius 2 is 1.80 bits per heavy atom. The fourth-order valence-electron chi connectivity index (χ4n) is 0.934. The molecule has 0 heterocycles. The summed E-state index contributed by atoms with van der Waals surface area (Å²) in [4.78, 5) is 10.8. The van der Waals surface area contributed by atoms with E-state index in [1.54, 1.807) is 25.3 Å². The Balaban J connectivity index is 0.00000196. The van der Waals surface area contributed by atoms with E-state index in [4.69, 9.17) is 9.47 Å². The third-order valence-electron chi connectivity index (χ3n) is 1.64. The highest BCUT2D eigenvalue weighted by atomic mass is 16.6. The molecule has 0 aliphatic carbocycles. The van der Waals surface area contributed by atoms with Crippen LogP contribution in [0.25, 0.3) is 0 Å². The Kier molecular flexibility index (Phi) is 5.94. The maximum absolute atomic E-state index is 10.8. The highest BCUT2D eigenvalue weighted by Crippen LogP contribution is 2.25. The molecule has 1 aromatic carbocycles. The molecule has 0 atom stereocenters. The van der Waals surface area contributed by atoms with Crippen LogP contribution < -0.4 is 9.47 Å². The van der Waals surface area contributed by atoms with Gasteiger partial charge in [-0.1, -0.05) is 19.6 Å². The van der Waals surface area contributed by atoms with E-state index in [0.29, 0.717) is 11.5 Å².